The average molecular weight is 440 g/mol. The van der Waals surface area contributed by atoms with Crippen LogP contribution in [0.5, 0.6) is 0 Å². The van der Waals surface area contributed by atoms with Crippen LogP contribution in [0.25, 0.3) is 11.0 Å². The molecule has 1 saturated heterocycles. The van der Waals surface area contributed by atoms with Gasteiger partial charge in [-0.15, -0.1) is 0 Å². The molecule has 3 aromatic rings. The maximum atomic E-state index is 13.8. The molecular formula is C24H22F2N2O4. The van der Waals surface area contributed by atoms with Crippen LogP contribution in [0.4, 0.5) is 13.6 Å². The molecule has 2 aromatic carbocycles. The van der Waals surface area contributed by atoms with Crippen LogP contribution < -0.4 is 10.9 Å². The Bertz CT molecular complexity index is 1330. The van der Waals surface area contributed by atoms with Crippen molar-refractivity contribution in [3.05, 3.63) is 80.7 Å². The van der Waals surface area contributed by atoms with Gasteiger partial charge >= 0.3 is 11.7 Å². The van der Waals surface area contributed by atoms with Crippen molar-refractivity contribution < 1.29 is 22.8 Å². The number of aryl methyl sites for hydroxylation is 1. The predicted octanol–water partition coefficient (Wildman–Crippen LogP) is 4.47. The van der Waals surface area contributed by atoms with Crippen molar-refractivity contribution in [2.45, 2.75) is 45.7 Å². The van der Waals surface area contributed by atoms with E-state index in [1.165, 1.54) is 19.1 Å². The molecule has 1 unspecified atom stereocenters. The minimum absolute atomic E-state index is 0.118. The molecule has 0 saturated carbocycles. The van der Waals surface area contributed by atoms with E-state index >= 15 is 0 Å². The lowest BCUT2D eigenvalue weighted by molar-refractivity contribution is -0.131. The van der Waals surface area contributed by atoms with Crippen LogP contribution in [0.1, 0.15) is 48.9 Å². The number of imide groups is 1. The van der Waals surface area contributed by atoms with E-state index in [0.717, 1.165) is 28.2 Å². The van der Waals surface area contributed by atoms with E-state index in [1.807, 2.05) is 26.8 Å². The van der Waals surface area contributed by atoms with Crippen LogP contribution in [0.2, 0.25) is 0 Å². The van der Waals surface area contributed by atoms with Gasteiger partial charge in [0.2, 0.25) is 0 Å². The molecule has 1 aliphatic heterocycles. The van der Waals surface area contributed by atoms with Crippen LogP contribution in [-0.2, 0) is 16.9 Å². The third kappa shape index (κ3) is 3.45. The summed E-state index contributed by atoms with van der Waals surface area (Å²) >= 11 is 0. The second kappa shape index (κ2) is 7.55. The fourth-order valence-electron chi connectivity index (χ4n) is 4.16. The summed E-state index contributed by atoms with van der Waals surface area (Å²) in [6.45, 7) is 7.26. The lowest BCUT2D eigenvalue weighted by Crippen LogP contribution is -2.41. The largest absolute Gasteiger partial charge is 0.423 e. The first kappa shape index (κ1) is 21.7. The Morgan fingerprint density at radius 1 is 1.06 bits per heavy atom. The first-order chi connectivity index (χ1) is 15.0. The zero-order chi connectivity index (χ0) is 23.4. The molecule has 1 atom stereocenters. The van der Waals surface area contributed by atoms with Gasteiger partial charge in [0.15, 0.2) is 11.6 Å². The summed E-state index contributed by atoms with van der Waals surface area (Å²) in [5, 5.41) is 3.19. The number of hydrogen-bond donors (Lipinski definition) is 1. The van der Waals surface area contributed by atoms with Crippen molar-refractivity contribution in [2.24, 2.45) is 0 Å². The molecule has 6 nitrogen and oxygen atoms in total. The normalized spacial score (nSPS) is 18.7. The number of nitrogens with one attached hydrogen (secondary N) is 1. The number of hydrogen-bond acceptors (Lipinski definition) is 4. The lowest BCUT2D eigenvalue weighted by Gasteiger charge is -2.22. The highest BCUT2D eigenvalue weighted by molar-refractivity contribution is 6.07. The second-order valence-electron chi connectivity index (χ2n) is 8.53. The van der Waals surface area contributed by atoms with Gasteiger partial charge in [-0.25, -0.2) is 18.4 Å². The SMILES string of the molecule is Cc1cc2oc(=O)cc(CN3C(=O)NC(C)(c4ccc(F)c(F)c4)C3=O)c2cc1C(C)C. The molecule has 8 heteroatoms. The van der Waals surface area contributed by atoms with Crippen LogP contribution >= 0.6 is 0 Å². The lowest BCUT2D eigenvalue weighted by atomic mass is 9.91. The van der Waals surface area contributed by atoms with Crippen LogP contribution in [0, 0.1) is 18.6 Å². The van der Waals surface area contributed by atoms with Crippen molar-refractivity contribution in [1.29, 1.82) is 0 Å². The molecule has 0 radical (unpaired) electrons. The Balaban J connectivity index is 1.76. The summed E-state index contributed by atoms with van der Waals surface area (Å²) in [6, 6.07) is 7.29. The van der Waals surface area contributed by atoms with Gasteiger partial charge in [0.1, 0.15) is 11.1 Å². The van der Waals surface area contributed by atoms with Crippen molar-refractivity contribution in [1.82, 2.24) is 10.2 Å². The Hall–Kier alpha value is -3.55. The zero-order valence-electron chi connectivity index (χ0n) is 18.1. The van der Waals surface area contributed by atoms with Gasteiger partial charge in [-0.3, -0.25) is 9.69 Å². The Kier molecular flexibility index (Phi) is 5.11. The smallest absolute Gasteiger partial charge is 0.336 e. The van der Waals surface area contributed by atoms with E-state index in [4.69, 9.17) is 4.42 Å². The van der Waals surface area contributed by atoms with Gasteiger partial charge in [0, 0.05) is 11.5 Å². The molecule has 4 rings (SSSR count). The molecule has 166 valence electrons. The summed E-state index contributed by atoms with van der Waals surface area (Å²) in [4.78, 5) is 39.0. The molecule has 3 amide bonds. The Morgan fingerprint density at radius 2 is 1.78 bits per heavy atom. The molecule has 0 bridgehead atoms. The maximum Gasteiger partial charge on any atom is 0.336 e. The van der Waals surface area contributed by atoms with Gasteiger partial charge in [-0.2, -0.15) is 0 Å². The number of halogens is 2. The zero-order valence-corrected chi connectivity index (χ0v) is 18.1. The third-order valence-electron chi connectivity index (χ3n) is 5.94. The van der Waals surface area contributed by atoms with E-state index in [0.29, 0.717) is 16.5 Å². The van der Waals surface area contributed by atoms with E-state index in [1.54, 1.807) is 6.07 Å². The highest BCUT2D eigenvalue weighted by Gasteiger charge is 2.49. The third-order valence-corrected chi connectivity index (χ3v) is 5.94. The summed E-state index contributed by atoms with van der Waals surface area (Å²) < 4.78 is 32.5. The minimum atomic E-state index is -1.57. The van der Waals surface area contributed by atoms with Crippen molar-refractivity contribution in [3.63, 3.8) is 0 Å². The number of carbonyl (C=O) groups is 2. The quantitative estimate of drug-likeness (QED) is 0.480. The van der Waals surface area contributed by atoms with E-state index in [9.17, 15) is 23.2 Å². The first-order valence-corrected chi connectivity index (χ1v) is 10.2. The van der Waals surface area contributed by atoms with Gasteiger partial charge < -0.3 is 9.73 Å². The van der Waals surface area contributed by atoms with E-state index in [-0.39, 0.29) is 18.0 Å². The topological polar surface area (TPSA) is 79.6 Å². The number of carbonyl (C=O) groups excluding carboxylic acids is 2. The summed E-state index contributed by atoms with van der Waals surface area (Å²) in [7, 11) is 0. The number of urea groups is 1. The second-order valence-corrected chi connectivity index (χ2v) is 8.53. The van der Waals surface area contributed by atoms with Crippen LogP contribution in [-0.4, -0.2) is 16.8 Å². The van der Waals surface area contributed by atoms with E-state index in [2.05, 4.69) is 5.32 Å². The van der Waals surface area contributed by atoms with Crippen molar-refractivity contribution in [2.75, 3.05) is 0 Å². The van der Waals surface area contributed by atoms with Crippen LogP contribution in [0.15, 0.2) is 45.6 Å². The molecular weight excluding hydrogens is 418 g/mol. The summed E-state index contributed by atoms with van der Waals surface area (Å²) in [6.07, 6.45) is 0. The average Bonchev–Trinajstić information content (AvgIpc) is 2.93. The molecule has 1 aliphatic rings. The monoisotopic (exact) mass is 440 g/mol. The summed E-state index contributed by atoms with van der Waals surface area (Å²) in [5.41, 5.74) is 0.791. The molecule has 2 heterocycles. The summed E-state index contributed by atoms with van der Waals surface area (Å²) in [5.74, 6) is -2.59. The van der Waals surface area contributed by atoms with Gasteiger partial charge in [0.25, 0.3) is 5.91 Å². The number of fused-ring (bicyclic) bond motifs is 1. The number of nitrogens with zero attached hydrogens (tertiary/aromatic N) is 1. The number of rotatable bonds is 4. The molecule has 1 fully saturated rings. The highest BCUT2D eigenvalue weighted by atomic mass is 19.2. The van der Waals surface area contributed by atoms with Gasteiger partial charge in [-0.05, 0) is 66.3 Å². The molecule has 0 aliphatic carbocycles. The minimum Gasteiger partial charge on any atom is -0.423 e. The van der Waals surface area contributed by atoms with Gasteiger partial charge in [0.05, 0.1) is 6.54 Å². The fraction of sp³-hybridized carbons (Fsp3) is 0.292. The predicted molar refractivity (Wildman–Crippen MR) is 114 cm³/mol. The standard InChI is InChI=1S/C24H22F2N2O4/c1-12(2)16-10-17-14(8-21(29)32-20(17)7-13(16)3)11-28-22(30)24(4,27-23(28)31)15-5-6-18(25)19(26)9-15/h5-10,12H,11H2,1-4H3,(H,27,31). The van der Waals surface area contributed by atoms with Crippen molar-refractivity contribution >= 4 is 22.9 Å². The first-order valence-electron chi connectivity index (χ1n) is 10.2. The molecule has 1 N–H and O–H groups in total. The Morgan fingerprint density at radius 3 is 2.44 bits per heavy atom. The maximum absolute atomic E-state index is 13.8. The molecule has 0 spiro atoms. The fourth-order valence-corrected chi connectivity index (χ4v) is 4.16. The van der Waals surface area contributed by atoms with Crippen molar-refractivity contribution in [3.8, 4) is 0 Å². The number of amides is 3. The van der Waals surface area contributed by atoms with Gasteiger partial charge in [-0.1, -0.05) is 19.9 Å². The molecule has 1 aromatic heterocycles. The van der Waals surface area contributed by atoms with E-state index < -0.39 is 34.7 Å². The Labute approximate surface area is 182 Å². The molecule has 32 heavy (non-hydrogen) atoms. The van der Waals surface area contributed by atoms with Crippen LogP contribution in [0.3, 0.4) is 0 Å². The number of benzene rings is 2. The highest BCUT2D eigenvalue weighted by Crippen LogP contribution is 2.32.